The van der Waals surface area contributed by atoms with Gasteiger partial charge in [-0.3, -0.25) is 4.57 Å². The van der Waals surface area contributed by atoms with Crippen molar-refractivity contribution in [2.45, 2.75) is 0 Å². The highest BCUT2D eigenvalue weighted by atomic mass is 15.0. The fraction of sp³-hybridized carbons (Fsp3) is 0. The molecule has 0 atom stereocenters. The monoisotopic (exact) mass is 700 g/mol. The summed E-state index contributed by atoms with van der Waals surface area (Å²) < 4.78 is 2.13. The molecule has 0 amide bonds. The van der Waals surface area contributed by atoms with E-state index in [-0.39, 0.29) is 0 Å². The largest absolute Gasteiger partial charge is 0.299 e. The Morgan fingerprint density at radius 3 is 1.24 bits per heavy atom. The Hall–Kier alpha value is -7.29. The van der Waals surface area contributed by atoms with E-state index in [0.29, 0.717) is 0 Å². The Balaban J connectivity index is 0.000000152. The summed E-state index contributed by atoms with van der Waals surface area (Å²) in [5.41, 5.74) is 10.9. The molecule has 2 nitrogen and oxygen atoms in total. The molecule has 1 heterocycles. The fourth-order valence-electron chi connectivity index (χ4n) is 8.28. The smallest absolute Gasteiger partial charge is 0.100 e. The zero-order valence-corrected chi connectivity index (χ0v) is 30.2. The summed E-state index contributed by atoms with van der Waals surface area (Å²) in [5, 5.41) is 10.3. The van der Waals surface area contributed by atoms with Crippen LogP contribution < -0.4 is 0 Å². The van der Waals surface area contributed by atoms with Gasteiger partial charge in [-0.2, -0.15) is 0 Å². The van der Waals surface area contributed by atoms with Crippen molar-refractivity contribution in [2.24, 2.45) is 0 Å². The maximum absolute atomic E-state index is 4.63. The van der Waals surface area contributed by atoms with Gasteiger partial charge in [0.1, 0.15) is 6.33 Å². The lowest BCUT2D eigenvalue weighted by molar-refractivity contribution is 1.09. The van der Waals surface area contributed by atoms with Crippen LogP contribution in [0.3, 0.4) is 0 Å². The second kappa shape index (κ2) is 13.9. The highest BCUT2D eigenvalue weighted by molar-refractivity contribution is 6.25. The van der Waals surface area contributed by atoms with Crippen LogP contribution in [0, 0.1) is 0 Å². The van der Waals surface area contributed by atoms with Gasteiger partial charge >= 0.3 is 0 Å². The molecule has 0 N–H and O–H groups in total. The Morgan fingerprint density at radius 2 is 0.709 bits per heavy atom. The number of rotatable bonds is 4. The molecule has 55 heavy (non-hydrogen) atoms. The van der Waals surface area contributed by atoms with E-state index < -0.39 is 0 Å². The van der Waals surface area contributed by atoms with Crippen LogP contribution >= 0.6 is 0 Å². The number of aromatic nitrogens is 2. The first-order chi connectivity index (χ1) is 27.3. The molecule has 11 aromatic rings. The van der Waals surface area contributed by atoms with Gasteiger partial charge in [-0.1, -0.05) is 194 Å². The predicted octanol–water partition coefficient (Wildman–Crippen LogP) is 14.3. The summed E-state index contributed by atoms with van der Waals surface area (Å²) in [4.78, 5) is 4.63. The van der Waals surface area contributed by atoms with Crippen LogP contribution in [0.2, 0.25) is 0 Å². The molecular weight excluding hydrogens is 665 g/mol. The van der Waals surface area contributed by atoms with Crippen molar-refractivity contribution in [3.8, 4) is 39.1 Å². The van der Waals surface area contributed by atoms with Gasteiger partial charge in [0.2, 0.25) is 0 Å². The van der Waals surface area contributed by atoms with Gasteiger partial charge < -0.3 is 0 Å². The summed E-state index contributed by atoms with van der Waals surface area (Å²) >= 11 is 0. The molecule has 0 spiro atoms. The first kappa shape index (κ1) is 32.4. The molecule has 2 heteroatoms. The number of fused-ring (bicyclic) bond motifs is 5. The molecule has 0 unspecified atom stereocenters. The molecule has 1 aromatic heterocycles. The van der Waals surface area contributed by atoms with Gasteiger partial charge in [0, 0.05) is 11.3 Å². The minimum Gasteiger partial charge on any atom is -0.299 e. The zero-order valence-electron chi connectivity index (χ0n) is 30.2. The molecule has 0 aliphatic heterocycles. The second-order valence-corrected chi connectivity index (χ2v) is 13.9. The molecule has 0 saturated carbocycles. The molecule has 11 rings (SSSR count). The van der Waals surface area contributed by atoms with E-state index >= 15 is 0 Å². The molecule has 0 aliphatic rings. The van der Waals surface area contributed by atoms with Crippen molar-refractivity contribution in [3.05, 3.63) is 219 Å². The van der Waals surface area contributed by atoms with E-state index in [1.807, 2.05) is 30.6 Å². The lowest BCUT2D eigenvalue weighted by Crippen LogP contribution is -1.92. The van der Waals surface area contributed by atoms with E-state index in [2.05, 4.69) is 198 Å². The number of hydrogen-bond donors (Lipinski definition) is 0. The number of nitrogens with zero attached hydrogens (tertiary/aromatic N) is 2. The van der Waals surface area contributed by atoms with Crippen molar-refractivity contribution in [1.82, 2.24) is 9.55 Å². The SMILES string of the molecule is c1ccc(-c2cccc3c2ncn3-c2ccccc2)cc1.c1ccc2c(-c3c4ccccc4c(-c4cccc5ccccc45)c4ccccc34)cccc2c1. The van der Waals surface area contributed by atoms with E-state index in [0.717, 1.165) is 16.7 Å². The van der Waals surface area contributed by atoms with E-state index in [4.69, 9.17) is 0 Å². The molecule has 258 valence electrons. The van der Waals surface area contributed by atoms with Crippen LogP contribution in [-0.2, 0) is 0 Å². The van der Waals surface area contributed by atoms with Crippen LogP contribution in [0.1, 0.15) is 0 Å². The van der Waals surface area contributed by atoms with Gasteiger partial charge in [-0.05, 0) is 89.1 Å². The summed E-state index contributed by atoms with van der Waals surface area (Å²) in [6.07, 6.45) is 1.90. The maximum Gasteiger partial charge on any atom is 0.100 e. The first-order valence-corrected chi connectivity index (χ1v) is 18.8. The summed E-state index contributed by atoms with van der Waals surface area (Å²) in [7, 11) is 0. The van der Waals surface area contributed by atoms with E-state index in [9.17, 15) is 0 Å². The van der Waals surface area contributed by atoms with Crippen LogP contribution in [0.25, 0.3) is 93.2 Å². The minimum atomic E-state index is 1.03. The third kappa shape index (κ3) is 5.72. The lowest BCUT2D eigenvalue weighted by Gasteiger charge is -2.19. The highest BCUT2D eigenvalue weighted by Gasteiger charge is 2.18. The van der Waals surface area contributed by atoms with Gasteiger partial charge in [0.25, 0.3) is 0 Å². The van der Waals surface area contributed by atoms with Gasteiger partial charge in [0.05, 0.1) is 11.0 Å². The quantitative estimate of drug-likeness (QED) is 0.167. The molecule has 0 fully saturated rings. The third-order valence-corrected chi connectivity index (χ3v) is 10.7. The molecule has 0 saturated heterocycles. The van der Waals surface area contributed by atoms with Crippen molar-refractivity contribution >= 4 is 54.1 Å². The summed E-state index contributed by atoms with van der Waals surface area (Å²) in [6, 6.07) is 75.5. The van der Waals surface area contributed by atoms with E-state index in [1.54, 1.807) is 0 Å². The number of para-hydroxylation sites is 2. The predicted molar refractivity (Wildman–Crippen MR) is 234 cm³/mol. The third-order valence-electron chi connectivity index (χ3n) is 10.7. The molecule has 0 radical (unpaired) electrons. The van der Waals surface area contributed by atoms with Crippen molar-refractivity contribution < 1.29 is 0 Å². The number of benzene rings is 10. The first-order valence-electron chi connectivity index (χ1n) is 18.8. The standard InChI is InChI=1S/C34H22.C19H14N2/c1-3-15-25-23(11-1)13-9-21-27(25)33-29-17-5-7-19-31(29)34(32-20-8-6-18-30(32)33)28-22-10-14-24-12-2-4-16-26(24)28;1-3-8-15(9-4-1)17-12-7-13-18-19(17)20-14-21(18)16-10-5-2-6-11-16/h1-22H;1-14H. The summed E-state index contributed by atoms with van der Waals surface area (Å²) in [5.74, 6) is 0. The average molecular weight is 701 g/mol. The summed E-state index contributed by atoms with van der Waals surface area (Å²) in [6.45, 7) is 0. The van der Waals surface area contributed by atoms with Gasteiger partial charge in [-0.15, -0.1) is 0 Å². The fourth-order valence-corrected chi connectivity index (χ4v) is 8.28. The van der Waals surface area contributed by atoms with Crippen LogP contribution in [0.15, 0.2) is 219 Å². The Kier molecular flexibility index (Phi) is 8.20. The van der Waals surface area contributed by atoms with Crippen molar-refractivity contribution in [2.75, 3.05) is 0 Å². The molecule has 0 aliphatic carbocycles. The normalized spacial score (nSPS) is 11.3. The van der Waals surface area contributed by atoms with Crippen LogP contribution in [-0.4, -0.2) is 9.55 Å². The molecule has 10 aromatic carbocycles. The van der Waals surface area contributed by atoms with Gasteiger partial charge in [-0.25, -0.2) is 4.98 Å². The number of hydrogen-bond acceptors (Lipinski definition) is 1. The van der Waals surface area contributed by atoms with Crippen molar-refractivity contribution in [1.29, 1.82) is 0 Å². The molecule has 0 bridgehead atoms. The average Bonchev–Trinajstić information content (AvgIpc) is 3.71. The number of imidazole rings is 1. The zero-order chi connectivity index (χ0) is 36.6. The van der Waals surface area contributed by atoms with Crippen LogP contribution in [0.4, 0.5) is 0 Å². The van der Waals surface area contributed by atoms with Gasteiger partial charge in [0.15, 0.2) is 0 Å². The lowest BCUT2D eigenvalue weighted by atomic mass is 9.84. The Morgan fingerprint density at radius 1 is 0.309 bits per heavy atom. The highest BCUT2D eigenvalue weighted by Crippen LogP contribution is 2.46. The van der Waals surface area contributed by atoms with E-state index in [1.165, 1.54) is 76.5 Å². The Labute approximate surface area is 320 Å². The second-order valence-electron chi connectivity index (χ2n) is 13.9. The minimum absolute atomic E-state index is 1.03. The Bertz CT molecular complexity index is 2940. The molecular formula is C53H36N2. The van der Waals surface area contributed by atoms with Crippen LogP contribution in [0.5, 0.6) is 0 Å². The maximum atomic E-state index is 4.63. The topological polar surface area (TPSA) is 17.8 Å². The van der Waals surface area contributed by atoms with Crippen molar-refractivity contribution in [3.63, 3.8) is 0 Å².